The molecule has 0 aliphatic carbocycles. The maximum absolute atomic E-state index is 6.29. The Morgan fingerprint density at radius 3 is 2.06 bits per heavy atom. The van der Waals surface area contributed by atoms with Gasteiger partial charge in [0.25, 0.3) is 0 Å². The van der Waals surface area contributed by atoms with Gasteiger partial charge in [-0.2, -0.15) is 0 Å². The molecule has 0 aromatic carbocycles. The molecule has 3 rings (SSSR count). The average Bonchev–Trinajstić information content (AvgIpc) is 3.22. The Kier molecular flexibility index (Phi) is 7.57. The SMILES string of the molecule is CC1(C)OB(c2cc3sc(CCCCCCO[Si](C)(C)C(C)(C)C)cc3s2)OC1(C)C. The molecule has 0 unspecified atom stereocenters. The van der Waals surface area contributed by atoms with Crippen LogP contribution in [-0.2, 0) is 20.2 Å². The van der Waals surface area contributed by atoms with E-state index in [1.165, 1.54) is 51.2 Å². The highest BCUT2D eigenvalue weighted by Crippen LogP contribution is 2.39. The van der Waals surface area contributed by atoms with E-state index in [2.05, 4.69) is 73.7 Å². The summed E-state index contributed by atoms with van der Waals surface area (Å²) in [6, 6.07) is 4.65. The van der Waals surface area contributed by atoms with Crippen molar-refractivity contribution in [3.8, 4) is 0 Å². The third kappa shape index (κ3) is 5.85. The first-order chi connectivity index (χ1) is 14.2. The van der Waals surface area contributed by atoms with E-state index in [-0.39, 0.29) is 18.3 Å². The minimum absolute atomic E-state index is 0.244. The van der Waals surface area contributed by atoms with Crippen molar-refractivity contribution in [2.24, 2.45) is 0 Å². The summed E-state index contributed by atoms with van der Waals surface area (Å²) in [5.74, 6) is 0. The first-order valence-corrected chi connectivity index (χ1v) is 16.3. The lowest BCUT2D eigenvalue weighted by Crippen LogP contribution is -2.41. The van der Waals surface area contributed by atoms with Gasteiger partial charge in [-0.3, -0.25) is 0 Å². The lowest BCUT2D eigenvalue weighted by molar-refractivity contribution is 0.00578. The number of fused-ring (bicyclic) bond motifs is 1. The zero-order chi connectivity index (χ0) is 23.1. The van der Waals surface area contributed by atoms with Crippen LogP contribution >= 0.6 is 22.7 Å². The maximum Gasteiger partial charge on any atom is 0.505 e. The van der Waals surface area contributed by atoms with Crippen molar-refractivity contribution in [1.82, 2.24) is 0 Å². The van der Waals surface area contributed by atoms with Crippen LogP contribution in [0.25, 0.3) is 9.40 Å². The zero-order valence-corrected chi connectivity index (χ0v) is 23.6. The number of hydrogen-bond donors (Lipinski definition) is 0. The first-order valence-electron chi connectivity index (χ1n) is 11.7. The molecular weight excluding hydrogens is 439 g/mol. The monoisotopic (exact) mass is 480 g/mol. The summed E-state index contributed by atoms with van der Waals surface area (Å²) in [5.41, 5.74) is -0.564. The van der Waals surface area contributed by atoms with E-state index in [9.17, 15) is 0 Å². The molecule has 1 fully saturated rings. The van der Waals surface area contributed by atoms with Crippen LogP contribution in [0.5, 0.6) is 0 Å². The predicted molar refractivity (Wildman–Crippen MR) is 141 cm³/mol. The summed E-state index contributed by atoms with van der Waals surface area (Å²) in [6.45, 7) is 21.0. The minimum atomic E-state index is -1.58. The van der Waals surface area contributed by atoms with Crippen molar-refractivity contribution in [2.75, 3.05) is 6.61 Å². The molecule has 0 spiro atoms. The molecule has 3 nitrogen and oxygen atoms in total. The van der Waals surface area contributed by atoms with E-state index in [0.29, 0.717) is 5.04 Å². The highest BCUT2D eigenvalue weighted by atomic mass is 32.1. The van der Waals surface area contributed by atoms with E-state index < -0.39 is 8.32 Å². The molecule has 2 aromatic heterocycles. The summed E-state index contributed by atoms with van der Waals surface area (Å²) in [4.78, 5) is 1.50. The smallest absolute Gasteiger partial charge is 0.417 e. The largest absolute Gasteiger partial charge is 0.505 e. The molecule has 1 saturated heterocycles. The predicted octanol–water partition coefficient (Wildman–Crippen LogP) is 7.39. The van der Waals surface area contributed by atoms with Crippen molar-refractivity contribution < 1.29 is 13.7 Å². The van der Waals surface area contributed by atoms with Gasteiger partial charge in [-0.25, -0.2) is 0 Å². The van der Waals surface area contributed by atoms with Gasteiger partial charge in [-0.15, -0.1) is 22.7 Å². The Morgan fingerprint density at radius 2 is 1.48 bits per heavy atom. The molecule has 0 N–H and O–H groups in total. The summed E-state index contributed by atoms with van der Waals surface area (Å²) in [7, 11) is -1.83. The topological polar surface area (TPSA) is 27.7 Å². The average molecular weight is 481 g/mol. The van der Waals surface area contributed by atoms with E-state index in [0.717, 1.165) is 6.61 Å². The van der Waals surface area contributed by atoms with Gasteiger partial charge in [0.2, 0.25) is 0 Å². The normalized spacial score (nSPS) is 18.9. The van der Waals surface area contributed by atoms with Gasteiger partial charge >= 0.3 is 7.12 Å². The van der Waals surface area contributed by atoms with Crippen LogP contribution in [0.3, 0.4) is 0 Å². The number of unbranched alkanes of at least 4 members (excludes halogenated alkanes) is 3. The molecule has 0 atom stereocenters. The van der Waals surface area contributed by atoms with E-state index in [1.807, 2.05) is 22.7 Å². The van der Waals surface area contributed by atoms with Crippen LogP contribution in [0.4, 0.5) is 0 Å². The molecule has 0 amide bonds. The molecule has 0 radical (unpaired) electrons. The van der Waals surface area contributed by atoms with Crippen LogP contribution in [-0.4, -0.2) is 33.2 Å². The molecule has 7 heteroatoms. The lowest BCUT2D eigenvalue weighted by Gasteiger charge is -2.36. The summed E-state index contributed by atoms with van der Waals surface area (Å²) >= 11 is 3.75. The zero-order valence-electron chi connectivity index (χ0n) is 21.0. The Hall–Kier alpha value is -0.178. The summed E-state index contributed by atoms with van der Waals surface area (Å²) in [6.07, 6.45) is 6.18. The standard InChI is InChI=1S/C24H41BO3S2Si/c1-22(2,3)31(8,9)26-15-13-11-10-12-14-18-16-19-20(29-18)17-21(30-19)25-27-23(4,5)24(6,7)28-25/h16-17H,10-15H2,1-9H3. The van der Waals surface area contributed by atoms with Crippen LogP contribution in [0, 0.1) is 0 Å². The van der Waals surface area contributed by atoms with E-state index in [1.54, 1.807) is 0 Å². The molecular formula is C24H41BO3S2Si. The van der Waals surface area contributed by atoms with Gasteiger partial charge < -0.3 is 13.7 Å². The Balaban J connectivity index is 1.41. The highest BCUT2D eigenvalue weighted by Gasteiger charge is 2.52. The van der Waals surface area contributed by atoms with Crippen LogP contribution < -0.4 is 4.78 Å². The number of hydrogen-bond acceptors (Lipinski definition) is 5. The van der Waals surface area contributed by atoms with Crippen molar-refractivity contribution in [1.29, 1.82) is 0 Å². The van der Waals surface area contributed by atoms with Crippen molar-refractivity contribution in [3.63, 3.8) is 0 Å². The fourth-order valence-electron chi connectivity index (χ4n) is 3.40. The summed E-state index contributed by atoms with van der Waals surface area (Å²) < 4.78 is 22.6. The Bertz CT molecular complexity index is 832. The van der Waals surface area contributed by atoms with Crippen LogP contribution in [0.2, 0.25) is 18.1 Å². The third-order valence-corrected chi connectivity index (χ3v) is 14.3. The molecule has 174 valence electrons. The second kappa shape index (κ2) is 9.22. The fourth-order valence-corrected chi connectivity index (χ4v) is 6.92. The van der Waals surface area contributed by atoms with Gasteiger partial charge in [0.05, 0.1) is 11.2 Å². The van der Waals surface area contributed by atoms with Gasteiger partial charge in [-0.1, -0.05) is 33.6 Å². The number of thiophene rings is 2. The number of aryl methyl sites for hydroxylation is 1. The van der Waals surface area contributed by atoms with Crippen molar-refractivity contribution in [3.05, 3.63) is 17.0 Å². The molecule has 31 heavy (non-hydrogen) atoms. The molecule has 0 saturated carbocycles. The van der Waals surface area contributed by atoms with Gasteiger partial charge in [0.1, 0.15) is 0 Å². The second-order valence-electron chi connectivity index (χ2n) is 11.5. The highest BCUT2D eigenvalue weighted by molar-refractivity contribution is 7.33. The van der Waals surface area contributed by atoms with Crippen LogP contribution in [0.15, 0.2) is 12.1 Å². The molecule has 3 heterocycles. The summed E-state index contributed by atoms with van der Waals surface area (Å²) in [5, 5.41) is 0.307. The Morgan fingerprint density at radius 1 is 0.903 bits per heavy atom. The molecule has 2 aromatic rings. The fraction of sp³-hybridized carbons (Fsp3) is 0.750. The molecule has 1 aliphatic heterocycles. The second-order valence-corrected chi connectivity index (χ2v) is 18.5. The maximum atomic E-state index is 6.29. The number of rotatable bonds is 9. The van der Waals surface area contributed by atoms with Crippen molar-refractivity contribution >= 4 is 52.3 Å². The quantitative estimate of drug-likeness (QED) is 0.277. The van der Waals surface area contributed by atoms with Gasteiger partial charge in [-0.05, 0) is 77.2 Å². The van der Waals surface area contributed by atoms with Gasteiger partial charge in [0, 0.05) is 25.7 Å². The van der Waals surface area contributed by atoms with E-state index >= 15 is 0 Å². The lowest BCUT2D eigenvalue weighted by atomic mass is 9.88. The minimum Gasteiger partial charge on any atom is -0.417 e. The van der Waals surface area contributed by atoms with E-state index in [4.69, 9.17) is 13.7 Å². The first kappa shape index (κ1) is 25.4. The van der Waals surface area contributed by atoms with Crippen molar-refractivity contribution in [2.45, 2.75) is 110 Å². The third-order valence-electron chi connectivity index (χ3n) is 7.35. The molecule has 0 bridgehead atoms. The Labute approximate surface area is 199 Å². The molecule has 1 aliphatic rings. The van der Waals surface area contributed by atoms with Gasteiger partial charge in [0.15, 0.2) is 8.32 Å². The van der Waals surface area contributed by atoms with Crippen LogP contribution in [0.1, 0.15) is 79.0 Å².